The van der Waals surface area contributed by atoms with E-state index in [1.807, 2.05) is 10.6 Å². The second-order valence-electron chi connectivity index (χ2n) is 5.89. The number of phenols is 1. The van der Waals surface area contributed by atoms with Gasteiger partial charge >= 0.3 is 11.9 Å². The Kier molecular flexibility index (Phi) is 4.19. The minimum absolute atomic E-state index is 0.110. The molecule has 25 heavy (non-hydrogen) atoms. The summed E-state index contributed by atoms with van der Waals surface area (Å²) in [5.41, 5.74) is 2.87. The van der Waals surface area contributed by atoms with Crippen molar-refractivity contribution in [2.24, 2.45) is 0 Å². The second kappa shape index (κ2) is 6.32. The van der Waals surface area contributed by atoms with E-state index in [2.05, 4.69) is 0 Å². The van der Waals surface area contributed by atoms with Crippen molar-refractivity contribution in [3.8, 4) is 5.75 Å². The molecule has 0 aliphatic rings. The molecule has 128 valence electrons. The zero-order chi connectivity index (χ0) is 18.1. The second-order valence-corrected chi connectivity index (χ2v) is 5.89. The third kappa shape index (κ3) is 3.06. The van der Waals surface area contributed by atoms with E-state index in [-0.39, 0.29) is 17.7 Å². The fourth-order valence-corrected chi connectivity index (χ4v) is 3.08. The van der Waals surface area contributed by atoms with E-state index < -0.39 is 11.9 Å². The summed E-state index contributed by atoms with van der Waals surface area (Å²) in [7, 11) is 0. The van der Waals surface area contributed by atoms with Crippen molar-refractivity contribution in [2.75, 3.05) is 0 Å². The number of carbonyl (C=O) groups is 2. The van der Waals surface area contributed by atoms with Crippen LogP contribution in [0.1, 0.15) is 27.2 Å². The summed E-state index contributed by atoms with van der Waals surface area (Å²) in [6.45, 7) is 2.17. The Morgan fingerprint density at radius 3 is 2.44 bits per heavy atom. The number of rotatable bonds is 5. The highest BCUT2D eigenvalue weighted by Crippen LogP contribution is 2.30. The molecule has 6 heteroatoms. The maximum atomic E-state index is 11.2. The van der Waals surface area contributed by atoms with Gasteiger partial charge in [-0.1, -0.05) is 18.2 Å². The molecule has 0 radical (unpaired) electrons. The lowest BCUT2D eigenvalue weighted by molar-refractivity contribution is -0.136. The van der Waals surface area contributed by atoms with Crippen molar-refractivity contribution in [1.29, 1.82) is 0 Å². The molecular weight excluding hydrogens is 322 g/mol. The molecule has 0 aliphatic heterocycles. The maximum Gasteiger partial charge on any atom is 0.335 e. The Morgan fingerprint density at radius 2 is 1.80 bits per heavy atom. The standard InChI is InChI=1S/C19H17NO5/c1-11-14(9-18(22)23)15-8-12(19(24)25)6-7-16(15)20(11)10-13-4-2-3-5-17(13)21/h2-8,21H,9-10H2,1H3,(H,22,23)(H,24,25). The number of nitrogens with zero attached hydrogens (tertiary/aromatic N) is 1. The summed E-state index contributed by atoms with van der Waals surface area (Å²) in [4.78, 5) is 22.5. The highest BCUT2D eigenvalue weighted by Gasteiger charge is 2.18. The van der Waals surface area contributed by atoms with Gasteiger partial charge in [0.25, 0.3) is 0 Å². The molecule has 0 bridgehead atoms. The van der Waals surface area contributed by atoms with Gasteiger partial charge in [0.2, 0.25) is 0 Å². The lowest BCUT2D eigenvalue weighted by Crippen LogP contribution is -2.05. The molecule has 6 nitrogen and oxygen atoms in total. The first-order valence-corrected chi connectivity index (χ1v) is 7.72. The smallest absolute Gasteiger partial charge is 0.335 e. The first kappa shape index (κ1) is 16.6. The lowest BCUT2D eigenvalue weighted by atomic mass is 10.1. The van der Waals surface area contributed by atoms with Gasteiger partial charge in [0.05, 0.1) is 18.5 Å². The molecule has 0 aliphatic carbocycles. The third-order valence-corrected chi connectivity index (χ3v) is 4.35. The van der Waals surface area contributed by atoms with Crippen LogP contribution in [-0.4, -0.2) is 31.8 Å². The van der Waals surface area contributed by atoms with Crippen molar-refractivity contribution < 1.29 is 24.9 Å². The van der Waals surface area contributed by atoms with Crippen LogP contribution in [0.15, 0.2) is 42.5 Å². The minimum Gasteiger partial charge on any atom is -0.508 e. The first-order chi connectivity index (χ1) is 11.9. The van der Waals surface area contributed by atoms with Crippen LogP contribution >= 0.6 is 0 Å². The van der Waals surface area contributed by atoms with Crippen molar-refractivity contribution >= 4 is 22.8 Å². The minimum atomic E-state index is -1.06. The number of hydrogen-bond acceptors (Lipinski definition) is 3. The molecule has 0 spiro atoms. The van der Waals surface area contributed by atoms with E-state index in [9.17, 15) is 24.9 Å². The third-order valence-electron chi connectivity index (χ3n) is 4.35. The van der Waals surface area contributed by atoms with Crippen LogP contribution in [0.2, 0.25) is 0 Å². The van der Waals surface area contributed by atoms with Gasteiger partial charge in [0.15, 0.2) is 0 Å². The number of carboxylic acid groups (broad SMARTS) is 2. The van der Waals surface area contributed by atoms with Crippen LogP contribution in [-0.2, 0) is 17.8 Å². The summed E-state index contributed by atoms with van der Waals surface area (Å²) >= 11 is 0. The number of para-hydroxylation sites is 1. The summed E-state index contributed by atoms with van der Waals surface area (Å²) in [5.74, 6) is -1.88. The molecule has 3 aromatic rings. The topological polar surface area (TPSA) is 99.8 Å². The number of aromatic carboxylic acids is 1. The van der Waals surface area contributed by atoms with Crippen molar-refractivity contribution in [3.05, 3.63) is 64.8 Å². The Bertz CT molecular complexity index is 987. The van der Waals surface area contributed by atoms with Gasteiger partial charge in [-0.25, -0.2) is 4.79 Å². The van der Waals surface area contributed by atoms with Gasteiger partial charge in [-0.15, -0.1) is 0 Å². The molecule has 1 aromatic heterocycles. The van der Waals surface area contributed by atoms with E-state index in [1.54, 1.807) is 31.2 Å². The van der Waals surface area contributed by atoms with Gasteiger partial charge in [-0.3, -0.25) is 4.79 Å². The predicted octanol–water partition coefficient (Wildman–Crippen LogP) is 3.03. The fourth-order valence-electron chi connectivity index (χ4n) is 3.08. The van der Waals surface area contributed by atoms with E-state index in [1.165, 1.54) is 12.1 Å². The zero-order valence-electron chi connectivity index (χ0n) is 13.6. The zero-order valence-corrected chi connectivity index (χ0v) is 13.6. The highest BCUT2D eigenvalue weighted by molar-refractivity contribution is 5.96. The first-order valence-electron chi connectivity index (χ1n) is 7.72. The molecule has 3 N–H and O–H groups in total. The molecule has 0 saturated heterocycles. The lowest BCUT2D eigenvalue weighted by Gasteiger charge is -2.10. The Hall–Kier alpha value is -3.28. The fraction of sp³-hybridized carbons (Fsp3) is 0.158. The van der Waals surface area contributed by atoms with Crippen LogP contribution in [0.4, 0.5) is 0 Å². The van der Waals surface area contributed by atoms with Gasteiger partial charge in [0, 0.05) is 22.2 Å². The average Bonchev–Trinajstić information content (AvgIpc) is 2.81. The van der Waals surface area contributed by atoms with Crippen LogP contribution < -0.4 is 0 Å². The molecule has 0 saturated carbocycles. The molecular formula is C19H17NO5. The Balaban J connectivity index is 2.21. The number of phenolic OH excluding ortho intramolecular Hbond substituents is 1. The largest absolute Gasteiger partial charge is 0.508 e. The van der Waals surface area contributed by atoms with Gasteiger partial charge in [0.1, 0.15) is 5.75 Å². The number of aliphatic carboxylic acids is 1. The monoisotopic (exact) mass is 339 g/mol. The molecule has 0 unspecified atom stereocenters. The maximum absolute atomic E-state index is 11.2. The van der Waals surface area contributed by atoms with Gasteiger partial charge in [-0.05, 0) is 36.8 Å². The van der Waals surface area contributed by atoms with E-state index in [0.717, 1.165) is 11.2 Å². The number of aromatic hydroxyl groups is 1. The van der Waals surface area contributed by atoms with Gasteiger partial charge in [-0.2, -0.15) is 0 Å². The summed E-state index contributed by atoms with van der Waals surface area (Å²) < 4.78 is 1.90. The number of fused-ring (bicyclic) bond motifs is 1. The summed E-state index contributed by atoms with van der Waals surface area (Å²) in [5, 5.41) is 29.0. The Morgan fingerprint density at radius 1 is 1.08 bits per heavy atom. The molecule has 0 atom stereocenters. The van der Waals surface area contributed by atoms with E-state index in [4.69, 9.17) is 0 Å². The van der Waals surface area contributed by atoms with Crippen molar-refractivity contribution in [1.82, 2.24) is 4.57 Å². The van der Waals surface area contributed by atoms with Crippen molar-refractivity contribution in [3.63, 3.8) is 0 Å². The molecule has 1 heterocycles. The Labute approximate surface area is 143 Å². The number of benzene rings is 2. The summed E-state index contributed by atoms with van der Waals surface area (Å²) in [6, 6.07) is 11.6. The molecule has 2 aromatic carbocycles. The predicted molar refractivity (Wildman–Crippen MR) is 92.2 cm³/mol. The number of hydrogen-bond donors (Lipinski definition) is 3. The molecule has 0 amide bonds. The van der Waals surface area contributed by atoms with Crippen LogP contribution in [0, 0.1) is 6.92 Å². The number of carboxylic acids is 2. The quantitative estimate of drug-likeness (QED) is 0.663. The molecule has 0 fully saturated rings. The number of aromatic nitrogens is 1. The molecule has 3 rings (SSSR count). The summed E-state index contributed by atoms with van der Waals surface area (Å²) in [6.07, 6.45) is -0.195. The highest BCUT2D eigenvalue weighted by atomic mass is 16.4. The van der Waals surface area contributed by atoms with E-state index >= 15 is 0 Å². The SMILES string of the molecule is Cc1c(CC(=O)O)c2cc(C(=O)O)ccc2n1Cc1ccccc1O. The van der Waals surface area contributed by atoms with Crippen LogP contribution in [0.25, 0.3) is 10.9 Å². The van der Waals surface area contributed by atoms with E-state index in [0.29, 0.717) is 23.1 Å². The van der Waals surface area contributed by atoms with Crippen LogP contribution in [0.5, 0.6) is 5.75 Å². The van der Waals surface area contributed by atoms with Crippen LogP contribution in [0.3, 0.4) is 0 Å². The van der Waals surface area contributed by atoms with Crippen molar-refractivity contribution in [2.45, 2.75) is 19.9 Å². The normalized spacial score (nSPS) is 10.9. The average molecular weight is 339 g/mol. The van der Waals surface area contributed by atoms with Gasteiger partial charge < -0.3 is 19.9 Å².